The van der Waals surface area contributed by atoms with Gasteiger partial charge in [0.2, 0.25) is 4.75 Å². The number of hydrogen-bond donors (Lipinski definition) is 2. The summed E-state index contributed by atoms with van der Waals surface area (Å²) in [6.45, 7) is 5.27. The molecule has 5 heteroatoms. The average molecular weight is 268 g/mol. The molecule has 0 atom stereocenters. The van der Waals surface area contributed by atoms with Crippen LogP contribution in [0.25, 0.3) is 0 Å². The standard InChI is InChI=1S/C13H16O4S/c1-4-13(11(14)15,12(16)17)18-10-8(2)6-5-7-9(10)3/h5-7H,4H2,1-3H3,(H,14,15)(H,16,17). The maximum atomic E-state index is 11.3. The van der Waals surface area contributed by atoms with Crippen molar-refractivity contribution in [2.24, 2.45) is 0 Å². The molecule has 18 heavy (non-hydrogen) atoms. The van der Waals surface area contributed by atoms with E-state index in [9.17, 15) is 19.8 Å². The van der Waals surface area contributed by atoms with E-state index < -0.39 is 16.7 Å². The summed E-state index contributed by atoms with van der Waals surface area (Å²) in [5.74, 6) is -2.63. The first-order chi connectivity index (χ1) is 8.35. The molecule has 0 spiro atoms. The van der Waals surface area contributed by atoms with Crippen LogP contribution in [0.5, 0.6) is 0 Å². The van der Waals surface area contributed by atoms with Gasteiger partial charge in [-0.3, -0.25) is 9.59 Å². The van der Waals surface area contributed by atoms with Crippen molar-refractivity contribution in [1.82, 2.24) is 0 Å². The minimum Gasteiger partial charge on any atom is -0.480 e. The number of aliphatic carboxylic acids is 2. The second-order valence-electron chi connectivity index (χ2n) is 4.11. The Bertz CT molecular complexity index is 448. The molecule has 1 aromatic carbocycles. The van der Waals surface area contributed by atoms with Crippen LogP contribution in [0, 0.1) is 13.8 Å². The van der Waals surface area contributed by atoms with Gasteiger partial charge < -0.3 is 10.2 Å². The number of benzene rings is 1. The number of rotatable bonds is 5. The van der Waals surface area contributed by atoms with Crippen LogP contribution in [-0.2, 0) is 9.59 Å². The van der Waals surface area contributed by atoms with Crippen LogP contribution in [-0.4, -0.2) is 26.9 Å². The molecule has 0 bridgehead atoms. The van der Waals surface area contributed by atoms with Crippen molar-refractivity contribution in [3.8, 4) is 0 Å². The smallest absolute Gasteiger partial charge is 0.331 e. The van der Waals surface area contributed by atoms with E-state index in [2.05, 4.69) is 0 Å². The van der Waals surface area contributed by atoms with Crippen molar-refractivity contribution in [3.05, 3.63) is 29.3 Å². The molecule has 0 aliphatic carbocycles. The zero-order valence-corrected chi connectivity index (χ0v) is 11.4. The van der Waals surface area contributed by atoms with Crippen molar-refractivity contribution >= 4 is 23.7 Å². The summed E-state index contributed by atoms with van der Waals surface area (Å²) in [7, 11) is 0. The summed E-state index contributed by atoms with van der Waals surface area (Å²) < 4.78 is -1.82. The summed E-state index contributed by atoms with van der Waals surface area (Å²) >= 11 is 0.907. The van der Waals surface area contributed by atoms with Crippen molar-refractivity contribution in [3.63, 3.8) is 0 Å². The minimum atomic E-state index is -1.82. The highest BCUT2D eigenvalue weighted by molar-refractivity contribution is 8.02. The lowest BCUT2D eigenvalue weighted by atomic mass is 10.1. The van der Waals surface area contributed by atoms with Gasteiger partial charge in [-0.05, 0) is 31.4 Å². The number of carboxylic acids is 2. The van der Waals surface area contributed by atoms with Gasteiger partial charge in [0.1, 0.15) is 0 Å². The Kier molecular flexibility index (Phi) is 4.40. The van der Waals surface area contributed by atoms with E-state index in [4.69, 9.17) is 0 Å². The van der Waals surface area contributed by atoms with Gasteiger partial charge in [-0.15, -0.1) is 0 Å². The van der Waals surface area contributed by atoms with E-state index >= 15 is 0 Å². The fourth-order valence-electron chi connectivity index (χ4n) is 1.69. The average Bonchev–Trinajstić information content (AvgIpc) is 2.28. The zero-order chi connectivity index (χ0) is 13.9. The van der Waals surface area contributed by atoms with Crippen LogP contribution < -0.4 is 0 Å². The fraction of sp³-hybridized carbons (Fsp3) is 0.385. The predicted molar refractivity (Wildman–Crippen MR) is 70.1 cm³/mol. The van der Waals surface area contributed by atoms with E-state index in [1.54, 1.807) is 6.92 Å². The SMILES string of the molecule is CCC(Sc1c(C)cccc1C)(C(=O)O)C(=O)O. The molecule has 0 aliphatic rings. The van der Waals surface area contributed by atoms with Gasteiger partial charge in [0, 0.05) is 4.90 Å². The number of thioether (sulfide) groups is 1. The van der Waals surface area contributed by atoms with E-state index in [0.29, 0.717) is 0 Å². The van der Waals surface area contributed by atoms with E-state index in [1.165, 1.54) is 0 Å². The van der Waals surface area contributed by atoms with Crippen molar-refractivity contribution in [1.29, 1.82) is 0 Å². The van der Waals surface area contributed by atoms with Crippen molar-refractivity contribution < 1.29 is 19.8 Å². The Morgan fingerprint density at radius 2 is 1.61 bits per heavy atom. The Balaban J connectivity index is 3.28. The normalized spacial score (nSPS) is 11.3. The highest BCUT2D eigenvalue weighted by Gasteiger charge is 2.46. The third-order valence-electron chi connectivity index (χ3n) is 2.87. The maximum absolute atomic E-state index is 11.3. The first-order valence-electron chi connectivity index (χ1n) is 5.57. The van der Waals surface area contributed by atoms with Gasteiger partial charge in [-0.25, -0.2) is 0 Å². The van der Waals surface area contributed by atoms with E-state index in [-0.39, 0.29) is 6.42 Å². The second kappa shape index (κ2) is 5.44. The Morgan fingerprint density at radius 3 is 1.94 bits per heavy atom. The topological polar surface area (TPSA) is 74.6 Å². The van der Waals surface area contributed by atoms with Crippen LogP contribution in [0.2, 0.25) is 0 Å². The minimum absolute atomic E-state index is 0.0239. The van der Waals surface area contributed by atoms with Crippen LogP contribution in [0.4, 0.5) is 0 Å². The molecule has 0 radical (unpaired) electrons. The molecule has 4 nitrogen and oxygen atoms in total. The third kappa shape index (κ3) is 2.51. The fourth-order valence-corrected chi connectivity index (χ4v) is 2.81. The molecule has 0 saturated carbocycles. The summed E-state index contributed by atoms with van der Waals surface area (Å²) in [6, 6.07) is 5.56. The van der Waals surface area contributed by atoms with Crippen LogP contribution in [0.3, 0.4) is 0 Å². The maximum Gasteiger partial charge on any atom is 0.331 e. The van der Waals surface area contributed by atoms with Gasteiger partial charge >= 0.3 is 11.9 Å². The number of carbonyl (C=O) groups is 2. The number of hydrogen-bond acceptors (Lipinski definition) is 3. The first-order valence-corrected chi connectivity index (χ1v) is 6.38. The third-order valence-corrected chi connectivity index (χ3v) is 4.71. The van der Waals surface area contributed by atoms with Crippen molar-refractivity contribution in [2.45, 2.75) is 36.8 Å². The van der Waals surface area contributed by atoms with E-state index in [1.807, 2.05) is 32.0 Å². The zero-order valence-electron chi connectivity index (χ0n) is 10.6. The lowest BCUT2D eigenvalue weighted by Crippen LogP contribution is -2.42. The molecule has 98 valence electrons. The van der Waals surface area contributed by atoms with Gasteiger partial charge in [0.05, 0.1) is 0 Å². The summed E-state index contributed by atoms with van der Waals surface area (Å²) in [5, 5.41) is 18.5. The van der Waals surface area contributed by atoms with E-state index in [0.717, 1.165) is 27.8 Å². The molecule has 2 N–H and O–H groups in total. The van der Waals surface area contributed by atoms with Gasteiger partial charge in [-0.2, -0.15) is 0 Å². The Hall–Kier alpha value is -1.49. The lowest BCUT2D eigenvalue weighted by molar-refractivity contribution is -0.151. The Morgan fingerprint density at radius 1 is 1.17 bits per heavy atom. The summed E-state index contributed by atoms with van der Waals surface area (Å²) in [5.41, 5.74) is 1.78. The molecule has 0 fully saturated rings. The summed E-state index contributed by atoms with van der Waals surface area (Å²) in [6.07, 6.45) is 0.0239. The largest absolute Gasteiger partial charge is 0.480 e. The van der Waals surface area contributed by atoms with Crippen LogP contribution >= 0.6 is 11.8 Å². The molecule has 0 unspecified atom stereocenters. The molecule has 1 aromatic rings. The molecular weight excluding hydrogens is 252 g/mol. The Labute approximate surface area is 110 Å². The highest BCUT2D eigenvalue weighted by Crippen LogP contribution is 2.39. The van der Waals surface area contributed by atoms with Gasteiger partial charge in [0.25, 0.3) is 0 Å². The molecule has 1 rings (SSSR count). The molecule has 0 aliphatic heterocycles. The number of carboxylic acid groups (broad SMARTS) is 2. The monoisotopic (exact) mass is 268 g/mol. The summed E-state index contributed by atoms with van der Waals surface area (Å²) in [4.78, 5) is 23.4. The van der Waals surface area contributed by atoms with Crippen LogP contribution in [0.1, 0.15) is 24.5 Å². The molecule has 0 saturated heterocycles. The first kappa shape index (κ1) is 14.6. The highest BCUT2D eigenvalue weighted by atomic mass is 32.2. The predicted octanol–water partition coefficient (Wildman–Crippen LogP) is 2.71. The molecule has 0 heterocycles. The lowest BCUT2D eigenvalue weighted by Gasteiger charge is -2.24. The molecular formula is C13H16O4S. The van der Waals surface area contributed by atoms with Crippen LogP contribution in [0.15, 0.2) is 23.1 Å². The van der Waals surface area contributed by atoms with Gasteiger partial charge in [-0.1, -0.05) is 36.9 Å². The number of aryl methyl sites for hydroxylation is 2. The molecule has 0 amide bonds. The van der Waals surface area contributed by atoms with Gasteiger partial charge in [0.15, 0.2) is 0 Å². The second-order valence-corrected chi connectivity index (χ2v) is 5.42. The van der Waals surface area contributed by atoms with Crippen molar-refractivity contribution in [2.75, 3.05) is 0 Å². The quantitative estimate of drug-likeness (QED) is 0.634. The molecule has 0 aromatic heterocycles.